The van der Waals surface area contributed by atoms with Crippen molar-refractivity contribution >= 4 is 17.5 Å². The number of aliphatic hydroxyl groups excluding tert-OH is 1. The lowest BCUT2D eigenvalue weighted by molar-refractivity contribution is 0.171. The standard InChI is InChI=1S/C30H37N7O3/c1-29(2,3)23-15-24(33-25(17-38)32-23)34-28(39)31-21-12-13-22(20-10-8-7-9-19(20)21)40-18-11-14-26-35-36-27(30(4,5)6)37(26)16-18/h7-11,14-16,21-22,38H,12-13,17H2,1-6H3,(H2,31,32,33,34,39). The number of amides is 2. The lowest BCUT2D eigenvalue weighted by Gasteiger charge is -2.32. The maximum atomic E-state index is 13.0. The number of pyridine rings is 1. The number of urea groups is 1. The van der Waals surface area contributed by atoms with Gasteiger partial charge in [-0.25, -0.2) is 14.8 Å². The number of carbonyl (C=O) groups is 1. The highest BCUT2D eigenvalue weighted by Gasteiger charge is 2.30. The fourth-order valence-corrected chi connectivity index (χ4v) is 4.97. The maximum Gasteiger partial charge on any atom is 0.320 e. The lowest BCUT2D eigenvalue weighted by atomic mass is 9.85. The molecule has 3 heterocycles. The summed E-state index contributed by atoms with van der Waals surface area (Å²) in [4.78, 5) is 21.7. The van der Waals surface area contributed by atoms with Crippen molar-refractivity contribution in [2.24, 2.45) is 0 Å². The molecular formula is C30H37N7O3. The molecule has 0 bridgehead atoms. The van der Waals surface area contributed by atoms with Crippen molar-refractivity contribution in [1.29, 1.82) is 0 Å². The second kappa shape index (κ2) is 10.5. The van der Waals surface area contributed by atoms with E-state index >= 15 is 0 Å². The number of nitrogens with zero attached hydrogens (tertiary/aromatic N) is 5. The summed E-state index contributed by atoms with van der Waals surface area (Å²) in [6, 6.07) is 13.1. The SMILES string of the molecule is CC(C)(C)c1cc(NC(=O)NC2CCC(Oc3ccc4nnc(C(C)(C)C)n4c3)c3ccccc32)nc(CO)n1. The molecule has 1 aliphatic rings. The predicted molar refractivity (Wildman–Crippen MR) is 152 cm³/mol. The summed E-state index contributed by atoms with van der Waals surface area (Å²) in [5.41, 5.74) is 3.16. The molecule has 0 saturated heterocycles. The van der Waals surface area contributed by atoms with Gasteiger partial charge in [0, 0.05) is 16.9 Å². The molecule has 40 heavy (non-hydrogen) atoms. The maximum absolute atomic E-state index is 13.0. The van der Waals surface area contributed by atoms with Crippen LogP contribution in [0.4, 0.5) is 10.6 Å². The van der Waals surface area contributed by atoms with Crippen LogP contribution in [0.3, 0.4) is 0 Å². The normalized spacial score (nSPS) is 17.4. The van der Waals surface area contributed by atoms with E-state index < -0.39 is 0 Å². The van der Waals surface area contributed by atoms with E-state index in [1.807, 2.05) is 61.7 Å². The van der Waals surface area contributed by atoms with Crippen LogP contribution in [-0.4, -0.2) is 35.7 Å². The Morgan fingerprint density at radius 1 is 1.00 bits per heavy atom. The number of benzene rings is 1. The molecule has 5 rings (SSSR count). The van der Waals surface area contributed by atoms with E-state index in [0.29, 0.717) is 12.2 Å². The van der Waals surface area contributed by atoms with Crippen molar-refractivity contribution in [3.05, 3.63) is 77.1 Å². The highest BCUT2D eigenvalue weighted by Crippen LogP contribution is 2.39. The highest BCUT2D eigenvalue weighted by molar-refractivity contribution is 5.88. The Morgan fingerprint density at radius 2 is 1.75 bits per heavy atom. The minimum absolute atomic E-state index is 0.158. The first-order valence-corrected chi connectivity index (χ1v) is 13.6. The molecule has 2 unspecified atom stereocenters. The van der Waals surface area contributed by atoms with Crippen LogP contribution >= 0.6 is 0 Å². The molecule has 1 aliphatic carbocycles. The number of carbonyl (C=O) groups excluding carboxylic acids is 1. The molecule has 2 atom stereocenters. The largest absolute Gasteiger partial charge is 0.484 e. The summed E-state index contributed by atoms with van der Waals surface area (Å²) in [6.45, 7) is 12.1. The Kier molecular flexibility index (Phi) is 7.22. The van der Waals surface area contributed by atoms with Crippen LogP contribution in [0.5, 0.6) is 5.75 Å². The third kappa shape index (κ3) is 5.77. The Balaban J connectivity index is 1.33. The van der Waals surface area contributed by atoms with Crippen LogP contribution in [0.2, 0.25) is 0 Å². The number of rotatable bonds is 5. The van der Waals surface area contributed by atoms with Gasteiger partial charge in [-0.1, -0.05) is 65.8 Å². The minimum Gasteiger partial charge on any atom is -0.484 e. The van der Waals surface area contributed by atoms with E-state index in [1.165, 1.54) is 0 Å². The number of aromatic nitrogens is 5. The molecule has 210 valence electrons. The fraction of sp³-hybridized carbons (Fsp3) is 0.433. The Bertz CT molecular complexity index is 1530. The molecule has 0 spiro atoms. The van der Waals surface area contributed by atoms with E-state index in [0.717, 1.165) is 40.5 Å². The van der Waals surface area contributed by atoms with E-state index in [-0.39, 0.29) is 41.4 Å². The number of nitrogens with one attached hydrogen (secondary N) is 2. The lowest BCUT2D eigenvalue weighted by Crippen LogP contribution is -2.36. The van der Waals surface area contributed by atoms with Crippen LogP contribution < -0.4 is 15.4 Å². The molecule has 3 aromatic heterocycles. The van der Waals surface area contributed by atoms with Crippen molar-refractivity contribution in [2.45, 2.75) is 84.0 Å². The second-order valence-electron chi connectivity index (χ2n) is 12.3. The number of ether oxygens (including phenoxy) is 1. The van der Waals surface area contributed by atoms with Crippen LogP contribution in [0, 0.1) is 0 Å². The molecule has 2 amide bonds. The molecule has 0 saturated carbocycles. The van der Waals surface area contributed by atoms with Crippen LogP contribution in [-0.2, 0) is 17.4 Å². The van der Waals surface area contributed by atoms with Gasteiger partial charge in [-0.15, -0.1) is 10.2 Å². The summed E-state index contributed by atoms with van der Waals surface area (Å²) in [7, 11) is 0. The summed E-state index contributed by atoms with van der Waals surface area (Å²) in [5, 5.41) is 24.2. The van der Waals surface area contributed by atoms with Crippen LogP contribution in [0.1, 0.15) is 95.0 Å². The highest BCUT2D eigenvalue weighted by atomic mass is 16.5. The third-order valence-corrected chi connectivity index (χ3v) is 6.99. The summed E-state index contributed by atoms with van der Waals surface area (Å²) >= 11 is 0. The first-order chi connectivity index (χ1) is 18.9. The van der Waals surface area contributed by atoms with Crippen molar-refractivity contribution in [3.63, 3.8) is 0 Å². The third-order valence-electron chi connectivity index (χ3n) is 6.99. The second-order valence-corrected chi connectivity index (χ2v) is 12.3. The van der Waals surface area contributed by atoms with Crippen molar-refractivity contribution < 1.29 is 14.6 Å². The zero-order valence-electron chi connectivity index (χ0n) is 23.9. The number of aliphatic hydroxyl groups is 1. The Morgan fingerprint density at radius 3 is 2.45 bits per heavy atom. The smallest absolute Gasteiger partial charge is 0.320 e. The van der Waals surface area contributed by atoms with Gasteiger partial charge in [0.2, 0.25) is 0 Å². The molecule has 10 heteroatoms. The topological polar surface area (TPSA) is 127 Å². The van der Waals surface area contributed by atoms with Gasteiger partial charge in [-0.05, 0) is 36.1 Å². The van der Waals surface area contributed by atoms with E-state index in [9.17, 15) is 9.90 Å². The van der Waals surface area contributed by atoms with Crippen molar-refractivity contribution in [3.8, 4) is 5.75 Å². The van der Waals surface area contributed by atoms with Gasteiger partial charge < -0.3 is 15.2 Å². The Labute approximate surface area is 234 Å². The van der Waals surface area contributed by atoms with E-state index in [4.69, 9.17) is 4.74 Å². The molecule has 1 aromatic carbocycles. The summed E-state index contributed by atoms with van der Waals surface area (Å²) in [6.07, 6.45) is 3.22. The van der Waals surface area contributed by atoms with Gasteiger partial charge in [0.1, 0.15) is 30.1 Å². The quantitative estimate of drug-likeness (QED) is 0.308. The minimum atomic E-state index is -0.366. The number of fused-ring (bicyclic) bond motifs is 2. The molecule has 4 aromatic rings. The van der Waals surface area contributed by atoms with Gasteiger partial charge in [0.25, 0.3) is 0 Å². The van der Waals surface area contributed by atoms with Crippen LogP contribution in [0.15, 0.2) is 48.7 Å². The van der Waals surface area contributed by atoms with Gasteiger partial charge in [-0.3, -0.25) is 9.72 Å². The van der Waals surface area contributed by atoms with Crippen LogP contribution in [0.25, 0.3) is 5.65 Å². The zero-order valence-corrected chi connectivity index (χ0v) is 23.9. The molecule has 0 fully saturated rings. The average Bonchev–Trinajstić information content (AvgIpc) is 3.33. The van der Waals surface area contributed by atoms with E-state index in [2.05, 4.69) is 57.6 Å². The fourth-order valence-electron chi connectivity index (χ4n) is 4.97. The van der Waals surface area contributed by atoms with Gasteiger partial charge >= 0.3 is 6.03 Å². The van der Waals surface area contributed by atoms with E-state index in [1.54, 1.807) is 6.07 Å². The average molecular weight is 544 g/mol. The molecule has 0 radical (unpaired) electrons. The molecule has 10 nitrogen and oxygen atoms in total. The summed E-state index contributed by atoms with van der Waals surface area (Å²) in [5.74, 6) is 2.23. The van der Waals surface area contributed by atoms with Crippen molar-refractivity contribution in [1.82, 2.24) is 29.9 Å². The first kappa shape index (κ1) is 27.5. The monoisotopic (exact) mass is 543 g/mol. The molecule has 3 N–H and O–H groups in total. The number of hydrogen-bond donors (Lipinski definition) is 3. The first-order valence-electron chi connectivity index (χ1n) is 13.6. The van der Waals surface area contributed by atoms with Gasteiger partial charge in [-0.2, -0.15) is 0 Å². The number of hydrogen-bond acceptors (Lipinski definition) is 7. The molecular weight excluding hydrogens is 506 g/mol. The zero-order chi connectivity index (χ0) is 28.7. The molecule has 0 aliphatic heterocycles. The number of anilines is 1. The summed E-state index contributed by atoms with van der Waals surface area (Å²) < 4.78 is 8.49. The predicted octanol–water partition coefficient (Wildman–Crippen LogP) is 5.38. The van der Waals surface area contributed by atoms with Gasteiger partial charge in [0.05, 0.1) is 17.9 Å². The van der Waals surface area contributed by atoms with Gasteiger partial charge in [0.15, 0.2) is 11.5 Å². The van der Waals surface area contributed by atoms with Crippen molar-refractivity contribution in [2.75, 3.05) is 5.32 Å². The Hall–Kier alpha value is -4.05.